The van der Waals surface area contributed by atoms with Crippen molar-refractivity contribution in [3.05, 3.63) is 28.2 Å². The number of nitrogens with zero attached hydrogens (tertiary/aromatic N) is 1. The summed E-state index contributed by atoms with van der Waals surface area (Å²) in [6.07, 6.45) is 2.59. The molecule has 3 unspecified atom stereocenters. The van der Waals surface area contributed by atoms with Gasteiger partial charge in [-0.3, -0.25) is 4.90 Å². The molecule has 1 heterocycles. The highest BCUT2D eigenvalue weighted by Gasteiger charge is 2.27. The van der Waals surface area contributed by atoms with Crippen molar-refractivity contribution >= 4 is 33.2 Å². The molecule has 1 saturated heterocycles. The van der Waals surface area contributed by atoms with Gasteiger partial charge < -0.3 is 5.11 Å². The van der Waals surface area contributed by atoms with Crippen LogP contribution in [0.2, 0.25) is 10.0 Å². The Morgan fingerprint density at radius 3 is 2.54 bits per heavy atom. The monoisotopic (exact) mass is 394 g/mol. The molecule has 2 N–H and O–H groups in total. The third-order valence-electron chi connectivity index (χ3n) is 4.51. The van der Waals surface area contributed by atoms with Crippen molar-refractivity contribution in [3.8, 4) is 0 Å². The Balaban J connectivity index is 1.97. The van der Waals surface area contributed by atoms with Crippen LogP contribution in [-0.4, -0.2) is 49.7 Å². The Labute approximate surface area is 154 Å². The lowest BCUT2D eigenvalue weighted by atomic mass is 9.97. The molecule has 0 spiro atoms. The van der Waals surface area contributed by atoms with Crippen LogP contribution in [0.25, 0.3) is 0 Å². The zero-order valence-electron chi connectivity index (χ0n) is 13.9. The number of piperidine rings is 1. The van der Waals surface area contributed by atoms with E-state index in [0.29, 0.717) is 18.6 Å². The third kappa shape index (κ3) is 4.84. The molecule has 2 rings (SSSR count). The van der Waals surface area contributed by atoms with E-state index in [0.717, 1.165) is 12.8 Å². The molecule has 3 atom stereocenters. The molecule has 5 nitrogen and oxygen atoms in total. The van der Waals surface area contributed by atoms with E-state index in [-0.39, 0.29) is 21.5 Å². The summed E-state index contributed by atoms with van der Waals surface area (Å²) < 4.78 is 27.1. The summed E-state index contributed by atoms with van der Waals surface area (Å²) in [5.74, 6) is 0. The number of likely N-dealkylation sites (tertiary alicyclic amines) is 1. The SMILES string of the molecule is CC1CCCC(C)N1CC(O)CNS(=O)(=O)c1cccc(Cl)c1Cl. The maximum absolute atomic E-state index is 12.4. The minimum atomic E-state index is -3.82. The summed E-state index contributed by atoms with van der Waals surface area (Å²) in [5, 5.41) is 10.4. The molecular weight excluding hydrogens is 371 g/mol. The molecule has 24 heavy (non-hydrogen) atoms. The molecule has 0 amide bonds. The smallest absolute Gasteiger partial charge is 0.242 e. The van der Waals surface area contributed by atoms with Crippen LogP contribution in [0.5, 0.6) is 0 Å². The van der Waals surface area contributed by atoms with Crippen LogP contribution in [0.15, 0.2) is 23.1 Å². The van der Waals surface area contributed by atoms with Crippen molar-refractivity contribution in [2.75, 3.05) is 13.1 Å². The van der Waals surface area contributed by atoms with Gasteiger partial charge in [-0.1, -0.05) is 35.7 Å². The normalized spacial score (nSPS) is 24.0. The number of β-amino-alcohol motifs (C(OH)–C–C–N with tert-alkyl or cyclic N) is 1. The van der Waals surface area contributed by atoms with Gasteiger partial charge in [0.15, 0.2) is 0 Å². The first-order valence-corrected chi connectivity index (χ1v) is 10.3. The molecule has 1 aliphatic heterocycles. The molecule has 1 aliphatic rings. The van der Waals surface area contributed by atoms with E-state index in [1.165, 1.54) is 24.6 Å². The average molecular weight is 395 g/mol. The van der Waals surface area contributed by atoms with E-state index < -0.39 is 16.1 Å². The van der Waals surface area contributed by atoms with Gasteiger partial charge in [0.05, 0.1) is 16.1 Å². The van der Waals surface area contributed by atoms with E-state index >= 15 is 0 Å². The summed E-state index contributed by atoms with van der Waals surface area (Å²) in [7, 11) is -3.82. The standard InChI is InChI=1S/C16H24Cl2N2O3S/c1-11-5-3-6-12(2)20(11)10-13(21)9-19-24(22,23)15-8-4-7-14(17)16(15)18/h4,7-8,11-13,19,21H,3,5-6,9-10H2,1-2H3. The van der Waals surface area contributed by atoms with Gasteiger partial charge in [-0.25, -0.2) is 13.1 Å². The lowest BCUT2D eigenvalue weighted by Gasteiger charge is -2.40. The molecule has 0 aliphatic carbocycles. The molecular formula is C16H24Cl2N2O3S. The Hall–Kier alpha value is -0.370. The fraction of sp³-hybridized carbons (Fsp3) is 0.625. The highest BCUT2D eigenvalue weighted by molar-refractivity contribution is 7.89. The minimum absolute atomic E-state index is 0.0144. The van der Waals surface area contributed by atoms with Gasteiger partial charge in [-0.2, -0.15) is 0 Å². The molecule has 8 heteroatoms. The van der Waals surface area contributed by atoms with Crippen LogP contribution in [0.4, 0.5) is 0 Å². The molecule has 0 aromatic heterocycles. The van der Waals surface area contributed by atoms with Gasteiger partial charge >= 0.3 is 0 Å². The lowest BCUT2D eigenvalue weighted by molar-refractivity contribution is 0.0438. The second kappa shape index (κ2) is 8.34. The quantitative estimate of drug-likeness (QED) is 0.777. The van der Waals surface area contributed by atoms with Crippen molar-refractivity contribution in [1.29, 1.82) is 0 Å². The molecule has 0 saturated carbocycles. The Morgan fingerprint density at radius 1 is 1.29 bits per heavy atom. The topological polar surface area (TPSA) is 69.6 Å². The molecule has 0 radical (unpaired) electrons. The van der Waals surface area contributed by atoms with Crippen molar-refractivity contribution in [1.82, 2.24) is 9.62 Å². The van der Waals surface area contributed by atoms with Crippen LogP contribution >= 0.6 is 23.2 Å². The van der Waals surface area contributed by atoms with E-state index in [1.54, 1.807) is 0 Å². The zero-order valence-corrected chi connectivity index (χ0v) is 16.2. The van der Waals surface area contributed by atoms with Crippen LogP contribution in [0.3, 0.4) is 0 Å². The van der Waals surface area contributed by atoms with Crippen LogP contribution < -0.4 is 4.72 Å². The van der Waals surface area contributed by atoms with Gasteiger partial charge in [0, 0.05) is 25.2 Å². The van der Waals surface area contributed by atoms with Gasteiger partial charge in [0.1, 0.15) is 4.90 Å². The largest absolute Gasteiger partial charge is 0.390 e. The molecule has 1 aromatic rings. The van der Waals surface area contributed by atoms with Crippen LogP contribution in [0.1, 0.15) is 33.1 Å². The Bertz CT molecular complexity index is 659. The first-order chi connectivity index (χ1) is 11.2. The second-order valence-corrected chi connectivity index (χ2v) is 8.90. The van der Waals surface area contributed by atoms with Crippen molar-refractivity contribution in [3.63, 3.8) is 0 Å². The molecule has 136 valence electrons. The van der Waals surface area contributed by atoms with Gasteiger partial charge in [-0.05, 0) is 38.8 Å². The number of sulfonamides is 1. The summed E-state index contributed by atoms with van der Waals surface area (Å²) in [6.45, 7) is 4.64. The fourth-order valence-corrected chi connectivity index (χ4v) is 4.95. The highest BCUT2D eigenvalue weighted by atomic mass is 35.5. The second-order valence-electron chi connectivity index (χ2n) is 6.38. The first kappa shape index (κ1) is 19.9. The van der Waals surface area contributed by atoms with E-state index in [9.17, 15) is 13.5 Å². The molecule has 1 aromatic carbocycles. The van der Waals surface area contributed by atoms with Crippen LogP contribution in [0, 0.1) is 0 Å². The van der Waals surface area contributed by atoms with E-state index in [4.69, 9.17) is 23.2 Å². The van der Waals surface area contributed by atoms with Gasteiger partial charge in [0.25, 0.3) is 0 Å². The average Bonchev–Trinajstić information content (AvgIpc) is 2.52. The summed E-state index contributed by atoms with van der Waals surface area (Å²) in [5.41, 5.74) is 0. The number of rotatable bonds is 6. The van der Waals surface area contributed by atoms with E-state index in [1.807, 2.05) is 0 Å². The maximum atomic E-state index is 12.4. The highest BCUT2D eigenvalue weighted by Crippen LogP contribution is 2.28. The fourth-order valence-electron chi connectivity index (χ4n) is 3.12. The van der Waals surface area contributed by atoms with Gasteiger partial charge in [-0.15, -0.1) is 0 Å². The summed E-state index contributed by atoms with van der Waals surface area (Å²) in [4.78, 5) is 2.15. The third-order valence-corrected chi connectivity index (χ3v) is 6.91. The first-order valence-electron chi connectivity index (χ1n) is 8.10. The molecule has 1 fully saturated rings. The van der Waals surface area contributed by atoms with Crippen molar-refractivity contribution < 1.29 is 13.5 Å². The predicted molar refractivity (Wildman–Crippen MR) is 97.1 cm³/mol. The van der Waals surface area contributed by atoms with Gasteiger partial charge in [0.2, 0.25) is 10.0 Å². The Morgan fingerprint density at radius 2 is 1.92 bits per heavy atom. The molecule has 0 bridgehead atoms. The number of aliphatic hydroxyl groups is 1. The number of halogens is 2. The number of aliphatic hydroxyl groups excluding tert-OH is 1. The van der Waals surface area contributed by atoms with E-state index in [2.05, 4.69) is 23.5 Å². The Kier molecular flexibility index (Phi) is 6.93. The predicted octanol–water partition coefficient (Wildman–Crippen LogP) is 2.90. The van der Waals surface area contributed by atoms with Crippen LogP contribution in [-0.2, 0) is 10.0 Å². The van der Waals surface area contributed by atoms with Crippen molar-refractivity contribution in [2.24, 2.45) is 0 Å². The number of hydrogen-bond acceptors (Lipinski definition) is 4. The number of nitrogens with one attached hydrogen (secondary N) is 1. The maximum Gasteiger partial charge on any atom is 0.242 e. The summed E-state index contributed by atoms with van der Waals surface area (Å²) in [6, 6.07) is 5.22. The summed E-state index contributed by atoms with van der Waals surface area (Å²) >= 11 is 11.8. The van der Waals surface area contributed by atoms with Crippen molar-refractivity contribution in [2.45, 2.75) is 56.2 Å². The zero-order chi connectivity index (χ0) is 17.9. The number of benzene rings is 1. The minimum Gasteiger partial charge on any atom is -0.390 e. The number of hydrogen-bond donors (Lipinski definition) is 2. The lowest BCUT2D eigenvalue weighted by Crippen LogP contribution is -2.49.